The molecule has 0 radical (unpaired) electrons. The van der Waals surface area contributed by atoms with Crippen molar-refractivity contribution in [3.8, 4) is 0 Å². The van der Waals surface area contributed by atoms with Gasteiger partial charge < -0.3 is 9.84 Å². The molecule has 0 bridgehead atoms. The van der Waals surface area contributed by atoms with Crippen LogP contribution in [0.5, 0.6) is 0 Å². The molecule has 1 fully saturated rings. The molecule has 0 amide bonds. The highest BCUT2D eigenvalue weighted by molar-refractivity contribution is 5.02. The van der Waals surface area contributed by atoms with E-state index < -0.39 is 6.10 Å². The van der Waals surface area contributed by atoms with E-state index in [2.05, 4.69) is 9.97 Å². The Labute approximate surface area is 76.6 Å². The van der Waals surface area contributed by atoms with Gasteiger partial charge in [0.2, 0.25) is 0 Å². The molecular formula is C9H12N2O2. The molecule has 1 aromatic heterocycles. The Kier molecular flexibility index (Phi) is 2.52. The average Bonchev–Trinajstić information content (AvgIpc) is 2.71. The highest BCUT2D eigenvalue weighted by Crippen LogP contribution is 2.24. The third-order valence-electron chi connectivity index (χ3n) is 2.20. The second-order valence-corrected chi connectivity index (χ2v) is 3.13. The van der Waals surface area contributed by atoms with E-state index >= 15 is 0 Å². The number of aliphatic hydroxyl groups is 1. The molecule has 1 aliphatic rings. The maximum atomic E-state index is 9.79. The van der Waals surface area contributed by atoms with Crippen LogP contribution in [0.4, 0.5) is 0 Å². The number of nitrogens with zero attached hydrogens (tertiary/aromatic N) is 2. The molecule has 1 N–H and O–H groups in total. The van der Waals surface area contributed by atoms with Gasteiger partial charge in [-0.25, -0.2) is 0 Å². The minimum atomic E-state index is -0.629. The number of hydrogen-bond acceptors (Lipinski definition) is 4. The Morgan fingerprint density at radius 1 is 1.54 bits per heavy atom. The first-order valence-electron chi connectivity index (χ1n) is 4.43. The summed E-state index contributed by atoms with van der Waals surface area (Å²) in [4.78, 5) is 7.93. The van der Waals surface area contributed by atoms with Gasteiger partial charge in [-0.15, -0.1) is 0 Å². The maximum Gasteiger partial charge on any atom is 0.124 e. The number of aliphatic hydroxyl groups excluding tert-OH is 1. The van der Waals surface area contributed by atoms with Crippen molar-refractivity contribution in [2.75, 3.05) is 6.61 Å². The zero-order valence-electron chi connectivity index (χ0n) is 7.26. The molecule has 0 aliphatic carbocycles. The van der Waals surface area contributed by atoms with Gasteiger partial charge in [0.15, 0.2) is 0 Å². The lowest BCUT2D eigenvalue weighted by molar-refractivity contribution is -0.00488. The number of aromatic nitrogens is 2. The topological polar surface area (TPSA) is 55.2 Å². The fourth-order valence-electron chi connectivity index (χ4n) is 1.51. The van der Waals surface area contributed by atoms with Crippen LogP contribution in [-0.4, -0.2) is 27.8 Å². The molecule has 4 heteroatoms. The SMILES string of the molecule is OC(c1cnccn1)C1CCCO1. The molecular weight excluding hydrogens is 168 g/mol. The third kappa shape index (κ3) is 1.84. The summed E-state index contributed by atoms with van der Waals surface area (Å²) in [5.41, 5.74) is 0.592. The Morgan fingerprint density at radius 3 is 3.08 bits per heavy atom. The molecule has 0 aromatic carbocycles. The van der Waals surface area contributed by atoms with Crippen LogP contribution < -0.4 is 0 Å². The van der Waals surface area contributed by atoms with Crippen LogP contribution in [0.2, 0.25) is 0 Å². The van der Waals surface area contributed by atoms with E-state index in [0.717, 1.165) is 19.4 Å². The molecule has 70 valence electrons. The second kappa shape index (κ2) is 3.81. The van der Waals surface area contributed by atoms with Crippen molar-refractivity contribution in [1.82, 2.24) is 9.97 Å². The number of hydrogen-bond donors (Lipinski definition) is 1. The predicted octanol–water partition coefficient (Wildman–Crippen LogP) is 0.689. The Hall–Kier alpha value is -1.00. The smallest absolute Gasteiger partial charge is 0.124 e. The number of rotatable bonds is 2. The van der Waals surface area contributed by atoms with Crippen LogP contribution in [0.1, 0.15) is 24.6 Å². The van der Waals surface area contributed by atoms with Crippen LogP contribution in [-0.2, 0) is 4.74 Å². The summed E-state index contributed by atoms with van der Waals surface area (Å²) >= 11 is 0. The first-order valence-corrected chi connectivity index (χ1v) is 4.43. The standard InChI is InChI=1S/C9H12N2O2/c12-9(8-2-1-5-13-8)7-6-10-3-4-11-7/h3-4,6,8-9,12H,1-2,5H2. The van der Waals surface area contributed by atoms with Gasteiger partial charge in [0.05, 0.1) is 18.0 Å². The quantitative estimate of drug-likeness (QED) is 0.727. The molecule has 2 atom stereocenters. The lowest BCUT2D eigenvalue weighted by atomic mass is 10.1. The predicted molar refractivity (Wildman–Crippen MR) is 46.0 cm³/mol. The number of ether oxygens (including phenoxy) is 1. The van der Waals surface area contributed by atoms with Crippen molar-refractivity contribution >= 4 is 0 Å². The normalized spacial score (nSPS) is 24.5. The van der Waals surface area contributed by atoms with E-state index in [-0.39, 0.29) is 6.10 Å². The van der Waals surface area contributed by atoms with Gasteiger partial charge in [-0.3, -0.25) is 9.97 Å². The molecule has 2 heterocycles. The van der Waals surface area contributed by atoms with Gasteiger partial charge in [-0.2, -0.15) is 0 Å². The lowest BCUT2D eigenvalue weighted by Gasteiger charge is -2.15. The molecule has 1 aromatic rings. The Bertz CT molecular complexity index is 260. The van der Waals surface area contributed by atoms with Crippen LogP contribution in [0.3, 0.4) is 0 Å². The molecule has 4 nitrogen and oxygen atoms in total. The lowest BCUT2D eigenvalue weighted by Crippen LogP contribution is -2.18. The molecule has 13 heavy (non-hydrogen) atoms. The Morgan fingerprint density at radius 2 is 2.46 bits per heavy atom. The van der Waals surface area contributed by atoms with E-state index in [1.807, 2.05) is 0 Å². The molecule has 1 saturated heterocycles. The van der Waals surface area contributed by atoms with Gasteiger partial charge in [0.1, 0.15) is 6.10 Å². The second-order valence-electron chi connectivity index (χ2n) is 3.13. The zero-order valence-corrected chi connectivity index (χ0v) is 7.26. The van der Waals surface area contributed by atoms with Gasteiger partial charge in [0, 0.05) is 19.0 Å². The van der Waals surface area contributed by atoms with Gasteiger partial charge >= 0.3 is 0 Å². The van der Waals surface area contributed by atoms with E-state index in [0.29, 0.717) is 5.69 Å². The summed E-state index contributed by atoms with van der Waals surface area (Å²) < 4.78 is 5.35. The fraction of sp³-hybridized carbons (Fsp3) is 0.556. The monoisotopic (exact) mass is 180 g/mol. The minimum absolute atomic E-state index is 0.100. The molecule has 0 saturated carbocycles. The summed E-state index contributed by atoms with van der Waals surface area (Å²) in [6, 6.07) is 0. The van der Waals surface area contributed by atoms with Gasteiger partial charge in [0.25, 0.3) is 0 Å². The molecule has 2 rings (SSSR count). The largest absolute Gasteiger partial charge is 0.384 e. The van der Waals surface area contributed by atoms with Crippen molar-refractivity contribution < 1.29 is 9.84 Å². The van der Waals surface area contributed by atoms with Gasteiger partial charge in [-0.1, -0.05) is 0 Å². The van der Waals surface area contributed by atoms with Crippen LogP contribution in [0.15, 0.2) is 18.6 Å². The zero-order chi connectivity index (χ0) is 9.10. The van der Waals surface area contributed by atoms with Crippen molar-refractivity contribution in [3.05, 3.63) is 24.3 Å². The highest BCUT2D eigenvalue weighted by atomic mass is 16.5. The van der Waals surface area contributed by atoms with Crippen molar-refractivity contribution in [2.24, 2.45) is 0 Å². The summed E-state index contributed by atoms with van der Waals surface area (Å²) in [7, 11) is 0. The summed E-state index contributed by atoms with van der Waals surface area (Å²) in [5, 5.41) is 9.79. The third-order valence-corrected chi connectivity index (χ3v) is 2.20. The van der Waals surface area contributed by atoms with E-state index in [9.17, 15) is 5.11 Å². The molecule has 2 unspecified atom stereocenters. The highest BCUT2D eigenvalue weighted by Gasteiger charge is 2.26. The van der Waals surface area contributed by atoms with E-state index in [1.165, 1.54) is 0 Å². The summed E-state index contributed by atoms with van der Waals surface area (Å²) in [5.74, 6) is 0. The van der Waals surface area contributed by atoms with Crippen molar-refractivity contribution in [1.29, 1.82) is 0 Å². The summed E-state index contributed by atoms with van der Waals surface area (Å²) in [6.07, 6.45) is 5.93. The average molecular weight is 180 g/mol. The van der Waals surface area contributed by atoms with Crippen molar-refractivity contribution in [2.45, 2.75) is 25.0 Å². The molecule has 0 spiro atoms. The minimum Gasteiger partial charge on any atom is -0.384 e. The van der Waals surface area contributed by atoms with Crippen LogP contribution in [0.25, 0.3) is 0 Å². The Balaban J connectivity index is 2.08. The molecule has 1 aliphatic heterocycles. The van der Waals surface area contributed by atoms with Crippen LogP contribution >= 0.6 is 0 Å². The fourth-order valence-corrected chi connectivity index (χ4v) is 1.51. The van der Waals surface area contributed by atoms with E-state index in [4.69, 9.17) is 4.74 Å². The first-order chi connectivity index (χ1) is 6.38. The van der Waals surface area contributed by atoms with Crippen LogP contribution in [0, 0.1) is 0 Å². The summed E-state index contributed by atoms with van der Waals surface area (Å²) in [6.45, 7) is 0.738. The van der Waals surface area contributed by atoms with Crippen molar-refractivity contribution in [3.63, 3.8) is 0 Å². The van der Waals surface area contributed by atoms with E-state index in [1.54, 1.807) is 18.6 Å². The first kappa shape index (κ1) is 8.59. The van der Waals surface area contributed by atoms with Gasteiger partial charge in [-0.05, 0) is 12.8 Å². The maximum absolute atomic E-state index is 9.79.